The third-order valence-electron chi connectivity index (χ3n) is 2.47. The van der Waals surface area contributed by atoms with Gasteiger partial charge in [0.15, 0.2) is 0 Å². The summed E-state index contributed by atoms with van der Waals surface area (Å²) < 4.78 is 23.2. The molecule has 0 aliphatic carbocycles. The van der Waals surface area contributed by atoms with Crippen molar-refractivity contribution in [2.45, 2.75) is 18.9 Å². The summed E-state index contributed by atoms with van der Waals surface area (Å²) in [5.41, 5.74) is 3.79. The van der Waals surface area contributed by atoms with E-state index in [1.165, 1.54) is 6.26 Å². The van der Waals surface area contributed by atoms with Crippen LogP contribution in [0.3, 0.4) is 0 Å². The molecule has 96 valence electrons. The van der Waals surface area contributed by atoms with Crippen molar-refractivity contribution in [3.63, 3.8) is 0 Å². The van der Waals surface area contributed by atoms with Crippen LogP contribution >= 0.6 is 15.9 Å². The molecule has 0 bridgehead atoms. The molecule has 3 N–H and O–H groups in total. The summed E-state index contributed by atoms with van der Waals surface area (Å²) in [6.45, 7) is 0. The third-order valence-corrected chi connectivity index (χ3v) is 3.97. The topological polar surface area (TPSA) is 72.2 Å². The van der Waals surface area contributed by atoms with E-state index < -0.39 is 9.84 Å². The molecule has 1 aromatic rings. The molecule has 1 aromatic carbocycles. The number of nitrogens with one attached hydrogen (secondary N) is 1. The lowest BCUT2D eigenvalue weighted by molar-refractivity contribution is 0.506. The van der Waals surface area contributed by atoms with Gasteiger partial charge >= 0.3 is 0 Å². The molecule has 0 fully saturated rings. The Morgan fingerprint density at radius 1 is 1.35 bits per heavy atom. The molecule has 0 amide bonds. The first-order valence-electron chi connectivity index (χ1n) is 5.29. The van der Waals surface area contributed by atoms with Crippen molar-refractivity contribution in [2.24, 2.45) is 5.84 Å². The van der Waals surface area contributed by atoms with Gasteiger partial charge in [0.2, 0.25) is 0 Å². The minimum atomic E-state index is -2.93. The van der Waals surface area contributed by atoms with E-state index in [9.17, 15) is 8.42 Å². The number of nitrogens with two attached hydrogens (primary N) is 1. The second kappa shape index (κ2) is 6.49. The van der Waals surface area contributed by atoms with Crippen LogP contribution in [0.5, 0.6) is 0 Å². The molecule has 1 atom stereocenters. The van der Waals surface area contributed by atoms with Crippen LogP contribution in [0.4, 0.5) is 0 Å². The van der Waals surface area contributed by atoms with Gasteiger partial charge in [0.25, 0.3) is 0 Å². The molecule has 6 heteroatoms. The minimum absolute atomic E-state index is 0.0223. The van der Waals surface area contributed by atoms with Gasteiger partial charge in [-0.15, -0.1) is 0 Å². The quantitative estimate of drug-likeness (QED) is 0.611. The Kier molecular flexibility index (Phi) is 5.58. The van der Waals surface area contributed by atoms with Crippen molar-refractivity contribution < 1.29 is 8.42 Å². The van der Waals surface area contributed by atoms with E-state index in [0.29, 0.717) is 6.42 Å². The minimum Gasteiger partial charge on any atom is -0.271 e. The molecule has 0 saturated carbocycles. The molecule has 17 heavy (non-hydrogen) atoms. The van der Waals surface area contributed by atoms with Gasteiger partial charge in [-0.3, -0.25) is 11.3 Å². The molecule has 1 rings (SSSR count). The number of hydrogen-bond donors (Lipinski definition) is 2. The number of rotatable bonds is 6. The van der Waals surface area contributed by atoms with Gasteiger partial charge in [-0.1, -0.05) is 28.1 Å². The van der Waals surface area contributed by atoms with Crippen molar-refractivity contribution in [2.75, 3.05) is 12.0 Å². The molecule has 0 aliphatic rings. The Morgan fingerprint density at radius 2 is 1.94 bits per heavy atom. The summed E-state index contributed by atoms with van der Waals surface area (Å²) in [4.78, 5) is 0. The van der Waals surface area contributed by atoms with Crippen molar-refractivity contribution in [3.8, 4) is 0 Å². The van der Waals surface area contributed by atoms with Crippen LogP contribution in [0.15, 0.2) is 28.7 Å². The Hall–Kier alpha value is -0.430. The lowest BCUT2D eigenvalue weighted by Crippen LogP contribution is -2.38. The summed E-state index contributed by atoms with van der Waals surface area (Å²) in [5.74, 6) is 5.58. The Bertz CT molecular complexity index is 445. The maximum Gasteiger partial charge on any atom is 0.147 e. The molecular weight excluding hydrogens is 304 g/mol. The lowest BCUT2D eigenvalue weighted by atomic mass is 10.0. The zero-order valence-electron chi connectivity index (χ0n) is 9.69. The highest BCUT2D eigenvalue weighted by molar-refractivity contribution is 9.10. The highest BCUT2D eigenvalue weighted by Gasteiger charge is 2.11. The molecule has 0 aliphatic heterocycles. The van der Waals surface area contributed by atoms with Gasteiger partial charge in [0.1, 0.15) is 9.84 Å². The molecule has 0 spiro atoms. The Labute approximate surface area is 111 Å². The van der Waals surface area contributed by atoms with Gasteiger partial charge < -0.3 is 0 Å². The van der Waals surface area contributed by atoms with Crippen LogP contribution in [0.2, 0.25) is 0 Å². The largest absolute Gasteiger partial charge is 0.271 e. The van der Waals surface area contributed by atoms with E-state index >= 15 is 0 Å². The summed E-state index contributed by atoms with van der Waals surface area (Å²) in [7, 11) is -2.93. The van der Waals surface area contributed by atoms with Crippen LogP contribution in [-0.4, -0.2) is 26.5 Å². The van der Waals surface area contributed by atoms with E-state index in [-0.39, 0.29) is 11.8 Å². The summed E-state index contributed by atoms with van der Waals surface area (Å²) in [6, 6.07) is 7.88. The number of halogens is 1. The molecule has 0 saturated heterocycles. The van der Waals surface area contributed by atoms with Crippen molar-refractivity contribution in [1.82, 2.24) is 5.43 Å². The standard InChI is InChI=1S/C11H17BrN2O2S/c1-17(15,16)7-6-11(14-13)8-9-2-4-10(12)5-3-9/h2-5,11,14H,6-8,13H2,1H3. The first-order valence-corrected chi connectivity index (χ1v) is 8.14. The van der Waals surface area contributed by atoms with Crippen LogP contribution in [-0.2, 0) is 16.3 Å². The lowest BCUT2D eigenvalue weighted by Gasteiger charge is -2.15. The number of sulfone groups is 1. The first kappa shape index (κ1) is 14.6. The van der Waals surface area contributed by atoms with Gasteiger partial charge in [0.05, 0.1) is 5.75 Å². The van der Waals surface area contributed by atoms with E-state index in [0.717, 1.165) is 16.5 Å². The maximum atomic E-state index is 11.1. The SMILES string of the molecule is CS(=O)(=O)CCC(Cc1ccc(Br)cc1)NN. The van der Waals surface area contributed by atoms with E-state index in [1.807, 2.05) is 24.3 Å². The fraction of sp³-hybridized carbons (Fsp3) is 0.455. The number of hydrogen-bond acceptors (Lipinski definition) is 4. The summed E-state index contributed by atoms with van der Waals surface area (Å²) in [5, 5.41) is 0. The van der Waals surface area contributed by atoms with Gasteiger partial charge in [-0.05, 0) is 30.5 Å². The predicted octanol–water partition coefficient (Wildman–Crippen LogP) is 1.26. The summed E-state index contributed by atoms with van der Waals surface area (Å²) >= 11 is 3.37. The summed E-state index contributed by atoms with van der Waals surface area (Å²) in [6.07, 6.45) is 2.48. The fourth-order valence-electron chi connectivity index (χ4n) is 1.51. The van der Waals surface area contributed by atoms with Gasteiger partial charge in [-0.2, -0.15) is 0 Å². The fourth-order valence-corrected chi connectivity index (χ4v) is 2.48. The second-order valence-electron chi connectivity index (χ2n) is 4.11. The predicted molar refractivity (Wildman–Crippen MR) is 73.3 cm³/mol. The van der Waals surface area contributed by atoms with E-state index in [4.69, 9.17) is 5.84 Å². The number of benzene rings is 1. The van der Waals surface area contributed by atoms with Crippen LogP contribution in [0, 0.1) is 0 Å². The normalized spacial score (nSPS) is 13.6. The first-order chi connectivity index (χ1) is 7.90. The zero-order chi connectivity index (χ0) is 12.9. The molecule has 4 nitrogen and oxygen atoms in total. The molecular formula is C11H17BrN2O2S. The van der Waals surface area contributed by atoms with Crippen LogP contribution < -0.4 is 11.3 Å². The third kappa shape index (κ3) is 6.16. The van der Waals surface area contributed by atoms with Crippen LogP contribution in [0.1, 0.15) is 12.0 Å². The molecule has 0 heterocycles. The van der Waals surface area contributed by atoms with E-state index in [1.54, 1.807) is 0 Å². The average Bonchev–Trinajstić information content (AvgIpc) is 2.25. The molecule has 0 aromatic heterocycles. The van der Waals surface area contributed by atoms with Crippen LogP contribution in [0.25, 0.3) is 0 Å². The maximum absolute atomic E-state index is 11.1. The smallest absolute Gasteiger partial charge is 0.147 e. The van der Waals surface area contributed by atoms with Gasteiger partial charge in [0, 0.05) is 16.8 Å². The second-order valence-corrected chi connectivity index (χ2v) is 7.29. The van der Waals surface area contributed by atoms with Gasteiger partial charge in [-0.25, -0.2) is 8.42 Å². The van der Waals surface area contributed by atoms with Crippen molar-refractivity contribution in [1.29, 1.82) is 0 Å². The Morgan fingerprint density at radius 3 is 2.41 bits per heavy atom. The highest BCUT2D eigenvalue weighted by Crippen LogP contribution is 2.12. The molecule has 1 unspecified atom stereocenters. The Balaban J connectivity index is 2.55. The highest BCUT2D eigenvalue weighted by atomic mass is 79.9. The zero-order valence-corrected chi connectivity index (χ0v) is 12.1. The van der Waals surface area contributed by atoms with Crippen molar-refractivity contribution >= 4 is 25.8 Å². The molecule has 0 radical (unpaired) electrons. The number of hydrazine groups is 1. The monoisotopic (exact) mass is 320 g/mol. The average molecular weight is 321 g/mol. The van der Waals surface area contributed by atoms with E-state index in [2.05, 4.69) is 21.4 Å². The van der Waals surface area contributed by atoms with Crippen molar-refractivity contribution in [3.05, 3.63) is 34.3 Å².